The first-order chi connectivity index (χ1) is 18.7. The van der Waals surface area contributed by atoms with Crippen LogP contribution in [-0.4, -0.2) is 4.68 Å². The van der Waals surface area contributed by atoms with Crippen molar-refractivity contribution in [2.45, 2.75) is 13.3 Å². The molecule has 4 heteroatoms. The van der Waals surface area contributed by atoms with Crippen molar-refractivity contribution in [3.8, 4) is 6.07 Å². The largest absolute Gasteiger partial charge is 0.456 e. The molecule has 4 aromatic carbocycles. The molecule has 0 bridgehead atoms. The highest BCUT2D eigenvalue weighted by molar-refractivity contribution is 6.16. The molecule has 38 heavy (non-hydrogen) atoms. The molecule has 2 atom stereocenters. The molecular formula is C34H24N3O+. The molecule has 0 saturated heterocycles. The lowest BCUT2D eigenvalue weighted by Gasteiger charge is -2.19. The zero-order valence-electron chi connectivity index (χ0n) is 20.9. The number of hydrogen-bond acceptors (Lipinski definition) is 2. The number of furan rings is 1. The summed E-state index contributed by atoms with van der Waals surface area (Å²) < 4.78 is 11.0. The van der Waals surface area contributed by atoms with Crippen LogP contribution in [0, 0.1) is 23.2 Å². The Labute approximate surface area is 218 Å². The van der Waals surface area contributed by atoms with Gasteiger partial charge in [-0.05, 0) is 42.7 Å². The molecular weight excluding hydrogens is 466 g/mol. The number of rotatable bonds is 2. The molecule has 3 heterocycles. The third-order valence-electron chi connectivity index (χ3n) is 8.17. The Kier molecular flexibility index (Phi) is 4.36. The van der Waals surface area contributed by atoms with Crippen LogP contribution in [-0.2, 0) is 0 Å². The van der Waals surface area contributed by atoms with Gasteiger partial charge in [0.15, 0.2) is 0 Å². The topological polar surface area (TPSA) is 44.9 Å². The van der Waals surface area contributed by atoms with Crippen LogP contribution >= 0.6 is 0 Å². The van der Waals surface area contributed by atoms with E-state index in [0.29, 0.717) is 0 Å². The molecule has 8 rings (SSSR count). The Morgan fingerprint density at radius 3 is 2.53 bits per heavy atom. The van der Waals surface area contributed by atoms with E-state index in [2.05, 4.69) is 107 Å². The Morgan fingerprint density at radius 1 is 0.842 bits per heavy atom. The van der Waals surface area contributed by atoms with Crippen LogP contribution < -0.4 is 15.3 Å². The van der Waals surface area contributed by atoms with Gasteiger partial charge < -0.3 is 4.42 Å². The average molecular weight is 491 g/mol. The molecule has 4 nitrogen and oxygen atoms in total. The van der Waals surface area contributed by atoms with Crippen molar-refractivity contribution in [2.75, 3.05) is 0 Å². The highest BCUT2D eigenvalue weighted by Gasteiger charge is 2.36. The second kappa shape index (κ2) is 7.81. The summed E-state index contributed by atoms with van der Waals surface area (Å²) in [6, 6.07) is 32.4. The first-order valence-corrected chi connectivity index (χ1v) is 13.1. The van der Waals surface area contributed by atoms with Gasteiger partial charge in [-0.2, -0.15) is 5.26 Å². The molecule has 2 aliphatic rings. The molecule has 180 valence electrons. The van der Waals surface area contributed by atoms with Crippen LogP contribution in [0.1, 0.15) is 13.3 Å². The maximum absolute atomic E-state index is 9.67. The van der Waals surface area contributed by atoms with E-state index in [9.17, 15) is 5.26 Å². The number of nitriles is 1. The van der Waals surface area contributed by atoms with Crippen molar-refractivity contribution in [3.05, 3.63) is 119 Å². The molecule has 2 unspecified atom stereocenters. The second-order valence-corrected chi connectivity index (χ2v) is 10.4. The van der Waals surface area contributed by atoms with Gasteiger partial charge in [0.1, 0.15) is 27.4 Å². The minimum atomic E-state index is -0.0796. The summed E-state index contributed by atoms with van der Waals surface area (Å²) in [7, 11) is 0. The number of nitrogens with zero attached hydrogens (tertiary/aromatic N) is 3. The van der Waals surface area contributed by atoms with E-state index in [1.165, 1.54) is 32.6 Å². The van der Waals surface area contributed by atoms with Gasteiger partial charge in [-0.15, -0.1) is 4.68 Å². The summed E-state index contributed by atoms with van der Waals surface area (Å²) in [6.07, 6.45) is 7.14. The van der Waals surface area contributed by atoms with Crippen LogP contribution in [0.2, 0.25) is 0 Å². The predicted molar refractivity (Wildman–Crippen MR) is 153 cm³/mol. The summed E-state index contributed by atoms with van der Waals surface area (Å²) >= 11 is 0. The molecule has 0 spiro atoms. The lowest BCUT2D eigenvalue weighted by molar-refractivity contribution is 0.504. The van der Waals surface area contributed by atoms with Crippen molar-refractivity contribution in [1.82, 2.24) is 9.36 Å². The highest BCUT2D eigenvalue weighted by Crippen LogP contribution is 2.38. The summed E-state index contributed by atoms with van der Waals surface area (Å²) in [6.45, 7) is 2.17. The van der Waals surface area contributed by atoms with Crippen molar-refractivity contribution in [2.24, 2.45) is 11.8 Å². The van der Waals surface area contributed by atoms with Gasteiger partial charge in [-0.25, -0.2) is 0 Å². The Hall–Kier alpha value is -4.88. The molecule has 0 fully saturated rings. The molecule has 2 aromatic heterocycles. The van der Waals surface area contributed by atoms with Crippen molar-refractivity contribution in [1.29, 1.82) is 5.26 Å². The van der Waals surface area contributed by atoms with E-state index in [-0.39, 0.29) is 11.8 Å². The number of fused-ring (bicyclic) bond motifs is 7. The summed E-state index contributed by atoms with van der Waals surface area (Å²) in [5, 5.41) is 16.7. The molecule has 1 aliphatic carbocycles. The molecule has 1 aliphatic heterocycles. The fraction of sp³-hybridized carbons (Fsp3) is 0.118. The fourth-order valence-corrected chi connectivity index (χ4v) is 6.31. The van der Waals surface area contributed by atoms with E-state index in [1.807, 2.05) is 18.2 Å². The van der Waals surface area contributed by atoms with E-state index >= 15 is 0 Å². The summed E-state index contributed by atoms with van der Waals surface area (Å²) in [5.74, 6) is 0.159. The number of para-hydroxylation sites is 3. The van der Waals surface area contributed by atoms with E-state index in [1.54, 1.807) is 0 Å². The van der Waals surface area contributed by atoms with Crippen LogP contribution in [0.4, 0.5) is 0 Å². The van der Waals surface area contributed by atoms with Crippen LogP contribution in [0.5, 0.6) is 0 Å². The number of allylic oxidation sites excluding steroid dienone is 3. The summed E-state index contributed by atoms with van der Waals surface area (Å²) in [5.41, 5.74) is 6.57. The Morgan fingerprint density at radius 2 is 1.63 bits per heavy atom. The SMILES string of the molecule is CC1CC(C2=c3ccccc3=[N+]2n2c3ccccc3c3cc4oc5ccccc5c4cc32)=CC=CC1C#N. The number of benzene rings is 4. The lowest BCUT2D eigenvalue weighted by atomic mass is 9.89. The zero-order valence-corrected chi connectivity index (χ0v) is 20.9. The fourth-order valence-electron chi connectivity index (χ4n) is 6.31. The van der Waals surface area contributed by atoms with Crippen molar-refractivity contribution < 1.29 is 4.42 Å². The van der Waals surface area contributed by atoms with E-state index < -0.39 is 0 Å². The first-order valence-electron chi connectivity index (χ1n) is 13.1. The Bertz CT molecular complexity index is 2200. The zero-order chi connectivity index (χ0) is 25.4. The second-order valence-electron chi connectivity index (χ2n) is 10.4. The molecule has 6 aromatic rings. The lowest BCUT2D eigenvalue weighted by Crippen LogP contribution is -2.54. The van der Waals surface area contributed by atoms with Gasteiger partial charge in [-0.1, -0.05) is 78.4 Å². The van der Waals surface area contributed by atoms with Crippen molar-refractivity contribution >= 4 is 49.4 Å². The van der Waals surface area contributed by atoms with Crippen LogP contribution in [0.25, 0.3) is 49.4 Å². The first kappa shape index (κ1) is 21.2. The Balaban J connectivity index is 1.45. The average Bonchev–Trinajstić information content (AvgIpc) is 3.38. The third kappa shape index (κ3) is 2.82. The monoisotopic (exact) mass is 490 g/mol. The standard InChI is InChI=1S/C34H24N3O/c1-21-17-22(9-8-10-23(21)20-35)34-26-13-3-6-15-30(26)37(34)36-29-14-5-2-11-24(29)27-19-33-28(18-31(27)36)25-12-4-7-16-32(25)38-33/h2-16,18-19,21,23H,17H2,1H3/q+1. The molecule has 0 amide bonds. The molecule has 0 radical (unpaired) electrons. The van der Waals surface area contributed by atoms with Gasteiger partial charge in [0, 0.05) is 33.2 Å². The van der Waals surface area contributed by atoms with E-state index in [0.717, 1.165) is 39.4 Å². The molecule has 0 N–H and O–H groups in total. The third-order valence-corrected chi connectivity index (χ3v) is 8.17. The maximum Gasteiger partial charge on any atom is 0.254 e. The van der Waals surface area contributed by atoms with Crippen molar-refractivity contribution in [3.63, 3.8) is 0 Å². The molecule has 0 saturated carbocycles. The number of aromatic nitrogens is 1. The quantitative estimate of drug-likeness (QED) is 0.263. The van der Waals surface area contributed by atoms with Gasteiger partial charge in [0.05, 0.1) is 12.0 Å². The highest BCUT2D eigenvalue weighted by atomic mass is 16.3. The predicted octanol–water partition coefficient (Wildman–Crippen LogP) is 6.43. The van der Waals surface area contributed by atoms with Gasteiger partial charge >= 0.3 is 0 Å². The van der Waals surface area contributed by atoms with Crippen LogP contribution in [0.15, 0.2) is 113 Å². The van der Waals surface area contributed by atoms with E-state index in [4.69, 9.17) is 4.42 Å². The van der Waals surface area contributed by atoms with Crippen LogP contribution in [0.3, 0.4) is 0 Å². The normalized spacial score (nSPS) is 19.0. The smallest absolute Gasteiger partial charge is 0.254 e. The van der Waals surface area contributed by atoms with Gasteiger partial charge in [0.2, 0.25) is 0 Å². The maximum atomic E-state index is 9.67. The van der Waals surface area contributed by atoms with Gasteiger partial charge in [0.25, 0.3) is 11.1 Å². The van der Waals surface area contributed by atoms with Gasteiger partial charge in [-0.3, -0.25) is 0 Å². The minimum absolute atomic E-state index is 0.0796. The summed E-state index contributed by atoms with van der Waals surface area (Å²) in [4.78, 5) is 0. The minimum Gasteiger partial charge on any atom is -0.456 e. The number of hydrogen-bond donors (Lipinski definition) is 0.